The molecule has 0 radical (unpaired) electrons. The van der Waals surface area contributed by atoms with Crippen LogP contribution < -0.4 is 5.32 Å². The van der Waals surface area contributed by atoms with Gasteiger partial charge in [0.05, 0.1) is 5.60 Å². The second-order valence-electron chi connectivity index (χ2n) is 5.69. The maximum Gasteiger partial charge on any atom is 0.131 e. The lowest BCUT2D eigenvalue weighted by Crippen LogP contribution is -2.44. The third-order valence-electron chi connectivity index (χ3n) is 3.98. The van der Waals surface area contributed by atoms with Crippen LogP contribution in [-0.4, -0.2) is 30.5 Å². The van der Waals surface area contributed by atoms with E-state index < -0.39 is 5.60 Å². The molecule has 0 amide bonds. The summed E-state index contributed by atoms with van der Waals surface area (Å²) in [5.74, 6) is -0.194. The summed E-state index contributed by atoms with van der Waals surface area (Å²) < 4.78 is 19.0. The van der Waals surface area contributed by atoms with Crippen LogP contribution in [0, 0.1) is 5.82 Å². The Labute approximate surface area is 133 Å². The largest absolute Gasteiger partial charge is 0.388 e. The molecule has 1 aromatic carbocycles. The van der Waals surface area contributed by atoms with Gasteiger partial charge < -0.3 is 15.2 Å². The Kier molecular flexibility index (Phi) is 4.88. The minimum Gasteiger partial charge on any atom is -0.388 e. The summed E-state index contributed by atoms with van der Waals surface area (Å²) in [6.45, 7) is 2.48. The van der Waals surface area contributed by atoms with Gasteiger partial charge in [0, 0.05) is 54.5 Å². The van der Waals surface area contributed by atoms with Gasteiger partial charge in [0.2, 0.25) is 0 Å². The van der Waals surface area contributed by atoms with E-state index in [-0.39, 0.29) is 5.82 Å². The fourth-order valence-corrected chi connectivity index (χ4v) is 3.63. The van der Waals surface area contributed by atoms with E-state index in [1.165, 1.54) is 6.07 Å². The molecule has 1 saturated heterocycles. The summed E-state index contributed by atoms with van der Waals surface area (Å²) in [6, 6.07) is 10.8. The molecule has 2 aromatic rings. The molecule has 1 aromatic heterocycles. The van der Waals surface area contributed by atoms with Gasteiger partial charge >= 0.3 is 0 Å². The Hall–Kier alpha value is -1.27. The van der Waals surface area contributed by atoms with Crippen molar-refractivity contribution in [1.82, 2.24) is 5.32 Å². The van der Waals surface area contributed by atoms with Gasteiger partial charge in [-0.05, 0) is 18.2 Å². The number of hydrogen-bond acceptors (Lipinski definition) is 4. The van der Waals surface area contributed by atoms with Crippen molar-refractivity contribution in [3.05, 3.63) is 47.1 Å². The van der Waals surface area contributed by atoms with E-state index in [4.69, 9.17) is 4.74 Å². The highest BCUT2D eigenvalue weighted by Gasteiger charge is 2.29. The first-order valence-electron chi connectivity index (χ1n) is 7.51. The molecule has 0 atom stereocenters. The van der Waals surface area contributed by atoms with E-state index in [1.54, 1.807) is 23.5 Å². The number of benzene rings is 1. The van der Waals surface area contributed by atoms with Gasteiger partial charge in [-0.25, -0.2) is 4.39 Å². The highest BCUT2D eigenvalue weighted by Crippen LogP contribution is 2.30. The van der Waals surface area contributed by atoms with Crippen LogP contribution in [0.25, 0.3) is 10.4 Å². The Bertz CT molecular complexity index is 623. The molecule has 22 heavy (non-hydrogen) atoms. The van der Waals surface area contributed by atoms with Gasteiger partial charge in [0.15, 0.2) is 0 Å². The fourth-order valence-electron chi connectivity index (χ4n) is 2.63. The maximum atomic E-state index is 13.8. The van der Waals surface area contributed by atoms with Crippen LogP contribution in [0.3, 0.4) is 0 Å². The molecule has 0 aliphatic carbocycles. The van der Waals surface area contributed by atoms with Crippen molar-refractivity contribution >= 4 is 11.3 Å². The van der Waals surface area contributed by atoms with Crippen molar-refractivity contribution in [2.24, 2.45) is 0 Å². The van der Waals surface area contributed by atoms with Crippen molar-refractivity contribution in [3.8, 4) is 10.4 Å². The number of hydrogen-bond donors (Lipinski definition) is 2. The number of rotatable bonds is 5. The third-order valence-corrected chi connectivity index (χ3v) is 5.10. The predicted molar refractivity (Wildman–Crippen MR) is 86.4 cm³/mol. The fraction of sp³-hybridized carbons (Fsp3) is 0.412. The molecule has 2 N–H and O–H groups in total. The Morgan fingerprint density at radius 1 is 1.18 bits per heavy atom. The number of ether oxygens (including phenoxy) is 1. The van der Waals surface area contributed by atoms with Crippen molar-refractivity contribution in [1.29, 1.82) is 0 Å². The van der Waals surface area contributed by atoms with Gasteiger partial charge in [0.25, 0.3) is 0 Å². The van der Waals surface area contributed by atoms with E-state index in [0.29, 0.717) is 44.7 Å². The number of nitrogens with one attached hydrogen (secondary N) is 1. The van der Waals surface area contributed by atoms with E-state index in [1.807, 2.05) is 18.2 Å². The summed E-state index contributed by atoms with van der Waals surface area (Å²) in [7, 11) is 0. The summed E-state index contributed by atoms with van der Waals surface area (Å²) in [4.78, 5) is 2.06. The minimum atomic E-state index is -0.663. The van der Waals surface area contributed by atoms with Crippen LogP contribution in [0.4, 0.5) is 4.39 Å². The monoisotopic (exact) mass is 321 g/mol. The average Bonchev–Trinajstić information content (AvgIpc) is 2.97. The van der Waals surface area contributed by atoms with Crippen molar-refractivity contribution < 1.29 is 14.2 Å². The van der Waals surface area contributed by atoms with E-state index >= 15 is 0 Å². The van der Waals surface area contributed by atoms with Crippen LogP contribution >= 0.6 is 11.3 Å². The molecule has 5 heteroatoms. The van der Waals surface area contributed by atoms with Gasteiger partial charge in [-0.15, -0.1) is 11.3 Å². The van der Waals surface area contributed by atoms with Crippen molar-refractivity contribution in [3.63, 3.8) is 0 Å². The molecular formula is C17H20FNO2S. The molecule has 3 rings (SSSR count). The summed E-state index contributed by atoms with van der Waals surface area (Å²) in [5.41, 5.74) is -0.0223. The number of thiophene rings is 1. The molecule has 118 valence electrons. The summed E-state index contributed by atoms with van der Waals surface area (Å²) in [6.07, 6.45) is 1.34. The normalized spacial score (nSPS) is 17.5. The first-order valence-corrected chi connectivity index (χ1v) is 8.32. The van der Waals surface area contributed by atoms with Gasteiger partial charge in [0.1, 0.15) is 5.82 Å². The van der Waals surface area contributed by atoms with E-state index in [2.05, 4.69) is 5.32 Å². The summed E-state index contributed by atoms with van der Waals surface area (Å²) in [5, 5.41) is 13.7. The minimum absolute atomic E-state index is 0.194. The first-order chi connectivity index (χ1) is 10.7. The molecule has 0 saturated carbocycles. The highest BCUT2D eigenvalue weighted by molar-refractivity contribution is 7.15. The van der Waals surface area contributed by atoms with E-state index in [9.17, 15) is 9.50 Å². The van der Waals surface area contributed by atoms with Crippen LogP contribution in [0.5, 0.6) is 0 Å². The molecule has 1 aliphatic heterocycles. The Morgan fingerprint density at radius 2 is 1.95 bits per heavy atom. The van der Waals surface area contributed by atoms with Gasteiger partial charge in [-0.3, -0.25) is 0 Å². The van der Waals surface area contributed by atoms with Gasteiger partial charge in [-0.2, -0.15) is 0 Å². The standard InChI is InChI=1S/C17H20FNO2S/c18-15-4-2-1-3-14(15)16-6-5-13(22-16)11-19-12-17(20)7-9-21-10-8-17/h1-6,19-20H,7-12H2. The maximum absolute atomic E-state index is 13.8. The SMILES string of the molecule is OC1(CNCc2ccc(-c3ccccc3F)s2)CCOCC1. The smallest absolute Gasteiger partial charge is 0.131 e. The molecule has 0 spiro atoms. The summed E-state index contributed by atoms with van der Waals surface area (Å²) >= 11 is 1.58. The molecule has 1 aliphatic rings. The van der Waals surface area contributed by atoms with Crippen LogP contribution in [0.15, 0.2) is 36.4 Å². The Balaban J connectivity index is 1.57. The average molecular weight is 321 g/mol. The molecule has 1 fully saturated rings. The quantitative estimate of drug-likeness (QED) is 0.889. The molecule has 3 nitrogen and oxygen atoms in total. The zero-order valence-electron chi connectivity index (χ0n) is 12.3. The zero-order valence-corrected chi connectivity index (χ0v) is 13.2. The molecule has 2 heterocycles. The topological polar surface area (TPSA) is 41.5 Å². The lowest BCUT2D eigenvalue weighted by molar-refractivity contribution is -0.0616. The highest BCUT2D eigenvalue weighted by atomic mass is 32.1. The lowest BCUT2D eigenvalue weighted by Gasteiger charge is -2.32. The third kappa shape index (κ3) is 3.73. The number of aliphatic hydroxyl groups is 1. The van der Waals surface area contributed by atoms with Crippen molar-refractivity contribution in [2.75, 3.05) is 19.8 Å². The second-order valence-corrected chi connectivity index (χ2v) is 6.85. The second kappa shape index (κ2) is 6.87. The van der Waals surface area contributed by atoms with Crippen LogP contribution in [0.1, 0.15) is 17.7 Å². The predicted octanol–water partition coefficient (Wildman–Crippen LogP) is 3.19. The Morgan fingerprint density at radius 3 is 2.73 bits per heavy atom. The molecule has 0 unspecified atom stereocenters. The lowest BCUT2D eigenvalue weighted by atomic mass is 9.94. The molecular weight excluding hydrogens is 301 g/mol. The van der Waals surface area contributed by atoms with Gasteiger partial charge in [-0.1, -0.05) is 18.2 Å². The van der Waals surface area contributed by atoms with Crippen LogP contribution in [0.2, 0.25) is 0 Å². The zero-order chi connectivity index (χ0) is 15.4. The van der Waals surface area contributed by atoms with Crippen LogP contribution in [-0.2, 0) is 11.3 Å². The van der Waals surface area contributed by atoms with E-state index in [0.717, 1.165) is 9.75 Å². The first kappa shape index (κ1) is 15.6. The van der Waals surface area contributed by atoms with Crippen molar-refractivity contribution in [2.45, 2.75) is 25.0 Å². The molecule has 0 bridgehead atoms. The number of halogens is 1.